The minimum absolute atomic E-state index is 0.679. The van der Waals surface area contributed by atoms with Gasteiger partial charge in [0.05, 0.1) is 17.4 Å². The molecule has 0 bridgehead atoms. The first-order valence-electron chi connectivity index (χ1n) is 9.57. The van der Waals surface area contributed by atoms with Crippen molar-refractivity contribution in [3.05, 3.63) is 66.4 Å². The van der Waals surface area contributed by atoms with Gasteiger partial charge in [-0.25, -0.2) is 15.0 Å². The third kappa shape index (κ3) is 2.81. The largest absolute Gasteiger partial charge is 0.322 e. The van der Waals surface area contributed by atoms with Crippen LogP contribution in [0.3, 0.4) is 0 Å². The number of pyridine rings is 1. The van der Waals surface area contributed by atoms with E-state index in [1.54, 1.807) is 6.20 Å². The average Bonchev–Trinajstić information content (AvgIpc) is 3.42. The predicted octanol–water partition coefficient (Wildman–Crippen LogP) is 3.06. The number of fused-ring (bicyclic) bond motifs is 3. The van der Waals surface area contributed by atoms with E-state index in [-0.39, 0.29) is 0 Å². The van der Waals surface area contributed by atoms with Crippen molar-refractivity contribution in [3.8, 4) is 11.3 Å². The Morgan fingerprint density at radius 2 is 2.10 bits per heavy atom. The molecule has 1 aromatic carbocycles. The van der Waals surface area contributed by atoms with E-state index in [4.69, 9.17) is 9.97 Å². The van der Waals surface area contributed by atoms with Gasteiger partial charge in [0.1, 0.15) is 5.82 Å². The maximum atomic E-state index is 4.86. The summed E-state index contributed by atoms with van der Waals surface area (Å²) < 4.78 is 1.98. The second kappa shape index (κ2) is 6.39. The van der Waals surface area contributed by atoms with Gasteiger partial charge in [-0.3, -0.25) is 5.10 Å². The summed E-state index contributed by atoms with van der Waals surface area (Å²) in [6, 6.07) is 10.3. The number of H-pyrrole nitrogens is 1. The lowest BCUT2D eigenvalue weighted by molar-refractivity contribution is 0.631. The Morgan fingerprint density at radius 3 is 3.10 bits per heavy atom. The highest BCUT2D eigenvalue weighted by atomic mass is 15.1. The van der Waals surface area contributed by atoms with Gasteiger partial charge in [-0.15, -0.1) is 0 Å². The van der Waals surface area contributed by atoms with Gasteiger partial charge in [0.25, 0.3) is 0 Å². The maximum absolute atomic E-state index is 4.86. The van der Waals surface area contributed by atoms with E-state index in [1.807, 2.05) is 35.1 Å². The molecule has 4 aromatic heterocycles. The molecule has 0 saturated carbocycles. The number of hydrogen-bond acceptors (Lipinski definition) is 6. The van der Waals surface area contributed by atoms with Crippen LogP contribution >= 0.6 is 0 Å². The molecular formula is C21H18N8. The highest BCUT2D eigenvalue weighted by molar-refractivity contribution is 5.83. The Morgan fingerprint density at radius 1 is 1.10 bits per heavy atom. The number of benzene rings is 1. The average molecular weight is 382 g/mol. The van der Waals surface area contributed by atoms with Gasteiger partial charge in [-0.1, -0.05) is 18.2 Å². The minimum atomic E-state index is 0.679. The zero-order valence-corrected chi connectivity index (χ0v) is 15.6. The summed E-state index contributed by atoms with van der Waals surface area (Å²) in [7, 11) is 0. The lowest BCUT2D eigenvalue weighted by atomic mass is 10.1. The smallest absolute Gasteiger partial charge is 0.180 e. The van der Waals surface area contributed by atoms with Crippen LogP contribution in [0, 0.1) is 0 Å². The number of anilines is 2. The van der Waals surface area contributed by atoms with E-state index in [9.17, 15) is 0 Å². The minimum Gasteiger partial charge on any atom is -0.322 e. The lowest BCUT2D eigenvalue weighted by Gasteiger charge is -2.17. The second-order valence-corrected chi connectivity index (χ2v) is 7.16. The first-order chi connectivity index (χ1) is 14.3. The van der Waals surface area contributed by atoms with Crippen molar-refractivity contribution in [2.75, 3.05) is 11.9 Å². The zero-order chi connectivity index (χ0) is 19.2. The van der Waals surface area contributed by atoms with Gasteiger partial charge in [0, 0.05) is 54.7 Å². The predicted molar refractivity (Wildman–Crippen MR) is 111 cm³/mol. The molecule has 1 aliphatic heterocycles. The third-order valence-electron chi connectivity index (χ3n) is 5.28. The van der Waals surface area contributed by atoms with Gasteiger partial charge < -0.3 is 15.0 Å². The molecule has 0 spiro atoms. The molecule has 142 valence electrons. The van der Waals surface area contributed by atoms with Crippen molar-refractivity contribution in [3.63, 3.8) is 0 Å². The fourth-order valence-electron chi connectivity index (χ4n) is 3.78. The van der Waals surface area contributed by atoms with E-state index in [0.717, 1.165) is 58.8 Å². The summed E-state index contributed by atoms with van der Waals surface area (Å²) >= 11 is 0. The third-order valence-corrected chi connectivity index (χ3v) is 5.28. The van der Waals surface area contributed by atoms with Crippen LogP contribution in [0.15, 0.2) is 55.1 Å². The van der Waals surface area contributed by atoms with E-state index in [1.165, 1.54) is 5.56 Å². The van der Waals surface area contributed by atoms with Crippen LogP contribution in [0.5, 0.6) is 0 Å². The van der Waals surface area contributed by atoms with Crippen molar-refractivity contribution in [2.24, 2.45) is 0 Å². The van der Waals surface area contributed by atoms with Crippen LogP contribution in [-0.2, 0) is 13.0 Å². The summed E-state index contributed by atoms with van der Waals surface area (Å²) in [5.74, 6) is 1.46. The summed E-state index contributed by atoms with van der Waals surface area (Å²) in [6.45, 7) is 1.83. The standard InChI is InChI=1S/C21H18N8/c1-2-15-11-24-28-17(15)9-13(1)18-12-29-8-7-23-21(29)20(26-18)27-19-4-3-14-10-22-6-5-16(14)25-19/h1-4,7-9,11-12,22H,5-6,10H2,(H,24,28)(H,25,26,27). The monoisotopic (exact) mass is 382 g/mol. The van der Waals surface area contributed by atoms with Gasteiger partial charge >= 0.3 is 0 Å². The van der Waals surface area contributed by atoms with Crippen LogP contribution in [-0.4, -0.2) is 36.1 Å². The first kappa shape index (κ1) is 16.2. The Balaban J connectivity index is 1.43. The summed E-state index contributed by atoms with van der Waals surface area (Å²) in [5.41, 5.74) is 5.98. The molecule has 0 fully saturated rings. The number of aromatic amines is 1. The van der Waals surface area contributed by atoms with E-state index in [2.05, 4.69) is 44.0 Å². The van der Waals surface area contributed by atoms with Crippen molar-refractivity contribution in [1.82, 2.24) is 34.9 Å². The fraction of sp³-hybridized carbons (Fsp3) is 0.143. The topological polar surface area (TPSA) is 95.8 Å². The number of aromatic nitrogens is 6. The highest BCUT2D eigenvalue weighted by Gasteiger charge is 2.14. The van der Waals surface area contributed by atoms with Crippen LogP contribution in [0.4, 0.5) is 11.6 Å². The number of imidazole rings is 1. The molecule has 6 rings (SSSR count). The molecule has 5 heterocycles. The van der Waals surface area contributed by atoms with Gasteiger partial charge in [-0.2, -0.15) is 5.10 Å². The molecule has 29 heavy (non-hydrogen) atoms. The van der Waals surface area contributed by atoms with Crippen molar-refractivity contribution < 1.29 is 0 Å². The molecular weight excluding hydrogens is 364 g/mol. The fourth-order valence-corrected chi connectivity index (χ4v) is 3.78. The number of nitrogens with one attached hydrogen (secondary N) is 3. The molecule has 1 aliphatic rings. The maximum Gasteiger partial charge on any atom is 0.180 e. The van der Waals surface area contributed by atoms with Crippen molar-refractivity contribution in [1.29, 1.82) is 0 Å². The zero-order valence-electron chi connectivity index (χ0n) is 15.6. The molecule has 8 heteroatoms. The molecule has 0 aliphatic carbocycles. The van der Waals surface area contributed by atoms with E-state index < -0.39 is 0 Å². The van der Waals surface area contributed by atoms with Gasteiger partial charge in [0.15, 0.2) is 11.5 Å². The van der Waals surface area contributed by atoms with Gasteiger partial charge in [0.2, 0.25) is 0 Å². The summed E-state index contributed by atoms with van der Waals surface area (Å²) in [6.07, 6.45) is 8.43. The molecule has 5 aromatic rings. The number of rotatable bonds is 3. The second-order valence-electron chi connectivity index (χ2n) is 7.16. The van der Waals surface area contributed by atoms with E-state index >= 15 is 0 Å². The van der Waals surface area contributed by atoms with Gasteiger partial charge in [-0.05, 0) is 17.7 Å². The quantitative estimate of drug-likeness (QED) is 0.444. The lowest BCUT2D eigenvalue weighted by Crippen LogP contribution is -2.24. The molecule has 0 saturated heterocycles. The molecule has 0 unspecified atom stereocenters. The summed E-state index contributed by atoms with van der Waals surface area (Å²) in [5, 5.41) is 14.9. The summed E-state index contributed by atoms with van der Waals surface area (Å²) in [4.78, 5) is 14.1. The molecule has 0 atom stereocenters. The van der Waals surface area contributed by atoms with Crippen LogP contribution in [0.2, 0.25) is 0 Å². The number of hydrogen-bond donors (Lipinski definition) is 3. The molecule has 3 N–H and O–H groups in total. The molecule has 0 amide bonds. The Bertz CT molecular complexity index is 1350. The van der Waals surface area contributed by atoms with Crippen molar-refractivity contribution in [2.45, 2.75) is 13.0 Å². The van der Waals surface area contributed by atoms with Crippen molar-refractivity contribution >= 4 is 28.2 Å². The van der Waals surface area contributed by atoms with E-state index in [0.29, 0.717) is 5.82 Å². The Kier molecular flexibility index (Phi) is 3.57. The first-order valence-corrected chi connectivity index (χ1v) is 9.57. The SMILES string of the molecule is c1cn2cc(-c3ccc4cn[nH]c4c3)nc(Nc3ccc4c(n3)CCNC4)c2n1. The molecule has 0 radical (unpaired) electrons. The number of nitrogens with zero attached hydrogens (tertiary/aromatic N) is 5. The van der Waals surface area contributed by atoms with Crippen LogP contribution in [0.1, 0.15) is 11.3 Å². The highest BCUT2D eigenvalue weighted by Crippen LogP contribution is 2.26. The normalized spacial score (nSPS) is 13.7. The van der Waals surface area contributed by atoms with Crippen LogP contribution < -0.4 is 10.6 Å². The Hall–Kier alpha value is -3.78. The Labute approximate surface area is 166 Å². The van der Waals surface area contributed by atoms with Crippen LogP contribution in [0.25, 0.3) is 27.8 Å². The molecule has 8 nitrogen and oxygen atoms in total.